The fourth-order valence-electron chi connectivity index (χ4n) is 2.95. The maximum absolute atomic E-state index is 13.0. The van der Waals surface area contributed by atoms with Crippen molar-refractivity contribution in [1.29, 1.82) is 0 Å². The van der Waals surface area contributed by atoms with E-state index in [4.69, 9.17) is 4.74 Å². The second-order valence-corrected chi connectivity index (χ2v) is 6.53. The third-order valence-corrected chi connectivity index (χ3v) is 4.49. The van der Waals surface area contributed by atoms with Crippen LogP contribution in [0.5, 0.6) is 5.75 Å². The highest BCUT2D eigenvalue weighted by atomic mass is 16.5. The number of nitrogens with two attached hydrogens (primary N) is 1. The summed E-state index contributed by atoms with van der Waals surface area (Å²) in [6, 6.07) is 25.3. The number of methoxy groups -OCH3 is 1. The standard InChI is InChI=1S/C23H24N2O2/c1-17-11-13-18(14-12-17)16-24-22(19-7-4-3-5-8-19)23(26)25-20-9-6-10-21(15-20)27-2/h3-15,22,24H,16H2,1-2H3,(H,25,26)/p+1/t22-/m0/s1. The Kier molecular flexibility index (Phi) is 6.23. The van der Waals surface area contributed by atoms with Crippen molar-refractivity contribution in [3.63, 3.8) is 0 Å². The van der Waals surface area contributed by atoms with Gasteiger partial charge in [-0.2, -0.15) is 0 Å². The normalized spacial score (nSPS) is 11.6. The van der Waals surface area contributed by atoms with Crippen LogP contribution >= 0.6 is 0 Å². The van der Waals surface area contributed by atoms with E-state index >= 15 is 0 Å². The number of hydrogen-bond donors (Lipinski definition) is 2. The van der Waals surface area contributed by atoms with Crippen LogP contribution in [-0.2, 0) is 11.3 Å². The lowest BCUT2D eigenvalue weighted by molar-refractivity contribution is -0.697. The van der Waals surface area contributed by atoms with Crippen LogP contribution in [0.4, 0.5) is 5.69 Å². The lowest BCUT2D eigenvalue weighted by Crippen LogP contribution is -2.85. The van der Waals surface area contributed by atoms with Crippen LogP contribution in [0.1, 0.15) is 22.7 Å². The van der Waals surface area contributed by atoms with Gasteiger partial charge in [0.05, 0.1) is 7.11 Å². The zero-order valence-corrected chi connectivity index (χ0v) is 15.7. The summed E-state index contributed by atoms with van der Waals surface area (Å²) < 4.78 is 5.24. The van der Waals surface area contributed by atoms with Gasteiger partial charge in [-0.1, -0.05) is 66.2 Å². The van der Waals surface area contributed by atoms with Crippen molar-refractivity contribution in [2.24, 2.45) is 0 Å². The molecule has 1 amide bonds. The lowest BCUT2D eigenvalue weighted by Gasteiger charge is -2.16. The molecule has 3 aromatic rings. The quantitative estimate of drug-likeness (QED) is 0.677. The Bertz CT molecular complexity index is 876. The summed E-state index contributed by atoms with van der Waals surface area (Å²) in [5, 5.41) is 5.08. The Morgan fingerprint density at radius 1 is 1.00 bits per heavy atom. The Morgan fingerprint density at radius 3 is 2.44 bits per heavy atom. The number of aryl methyl sites for hydroxylation is 1. The van der Waals surface area contributed by atoms with Crippen LogP contribution in [0, 0.1) is 6.92 Å². The molecule has 27 heavy (non-hydrogen) atoms. The molecule has 0 saturated carbocycles. The second kappa shape index (κ2) is 9.01. The molecule has 0 radical (unpaired) electrons. The molecule has 0 bridgehead atoms. The first-order valence-electron chi connectivity index (χ1n) is 9.04. The van der Waals surface area contributed by atoms with Gasteiger partial charge < -0.3 is 15.4 Å². The van der Waals surface area contributed by atoms with Crippen molar-refractivity contribution >= 4 is 11.6 Å². The third-order valence-electron chi connectivity index (χ3n) is 4.49. The Morgan fingerprint density at radius 2 is 1.74 bits per heavy atom. The zero-order valence-electron chi connectivity index (χ0n) is 15.7. The van der Waals surface area contributed by atoms with Crippen molar-refractivity contribution in [3.8, 4) is 5.75 Å². The number of carbonyl (C=O) groups excluding carboxylic acids is 1. The van der Waals surface area contributed by atoms with Crippen molar-refractivity contribution in [1.82, 2.24) is 0 Å². The van der Waals surface area contributed by atoms with Crippen molar-refractivity contribution in [2.75, 3.05) is 12.4 Å². The fraction of sp³-hybridized carbons (Fsp3) is 0.174. The SMILES string of the molecule is COc1cccc(NC(=O)[C@@H]([NH2+]Cc2ccc(C)cc2)c2ccccc2)c1. The highest BCUT2D eigenvalue weighted by molar-refractivity contribution is 5.94. The van der Waals surface area contributed by atoms with Crippen molar-refractivity contribution in [3.05, 3.63) is 95.6 Å². The van der Waals surface area contributed by atoms with E-state index in [0.29, 0.717) is 5.75 Å². The number of anilines is 1. The highest BCUT2D eigenvalue weighted by Crippen LogP contribution is 2.18. The van der Waals surface area contributed by atoms with E-state index in [1.165, 1.54) is 11.1 Å². The summed E-state index contributed by atoms with van der Waals surface area (Å²) in [7, 11) is 1.61. The molecule has 0 spiro atoms. The van der Waals surface area contributed by atoms with Crippen LogP contribution in [-0.4, -0.2) is 13.0 Å². The van der Waals surface area contributed by atoms with Gasteiger partial charge in [0.2, 0.25) is 0 Å². The maximum Gasteiger partial charge on any atom is 0.287 e. The van der Waals surface area contributed by atoms with Gasteiger partial charge in [-0.3, -0.25) is 4.79 Å². The molecule has 0 fully saturated rings. The Labute approximate surface area is 160 Å². The molecule has 0 aromatic heterocycles. The number of rotatable bonds is 7. The Hall–Kier alpha value is -3.11. The van der Waals surface area contributed by atoms with E-state index in [-0.39, 0.29) is 11.9 Å². The molecule has 0 aliphatic carbocycles. The van der Waals surface area contributed by atoms with Gasteiger partial charge in [0.1, 0.15) is 12.3 Å². The van der Waals surface area contributed by atoms with E-state index in [0.717, 1.165) is 17.8 Å². The molecule has 0 aliphatic rings. The summed E-state index contributed by atoms with van der Waals surface area (Å²) in [4.78, 5) is 13.0. The van der Waals surface area contributed by atoms with Crippen molar-refractivity contribution in [2.45, 2.75) is 19.5 Å². The van der Waals surface area contributed by atoms with Gasteiger partial charge >= 0.3 is 0 Å². The van der Waals surface area contributed by atoms with Gasteiger partial charge in [-0.25, -0.2) is 0 Å². The zero-order chi connectivity index (χ0) is 19.1. The van der Waals surface area contributed by atoms with Crippen LogP contribution in [0.15, 0.2) is 78.9 Å². The van der Waals surface area contributed by atoms with Crippen LogP contribution in [0.25, 0.3) is 0 Å². The first-order valence-corrected chi connectivity index (χ1v) is 9.04. The molecule has 3 N–H and O–H groups in total. The van der Waals surface area contributed by atoms with Gasteiger partial charge in [0, 0.05) is 22.9 Å². The van der Waals surface area contributed by atoms with Gasteiger partial charge in [0.25, 0.3) is 5.91 Å². The van der Waals surface area contributed by atoms with Gasteiger partial charge in [-0.05, 0) is 19.1 Å². The predicted molar refractivity (Wildman–Crippen MR) is 108 cm³/mol. The highest BCUT2D eigenvalue weighted by Gasteiger charge is 2.24. The Balaban J connectivity index is 1.76. The number of carbonyl (C=O) groups is 1. The molecular formula is C23H25N2O2+. The summed E-state index contributed by atoms with van der Waals surface area (Å²) in [6.45, 7) is 2.80. The molecule has 1 atom stereocenters. The first-order chi connectivity index (χ1) is 13.2. The summed E-state index contributed by atoms with van der Waals surface area (Å²) in [6.07, 6.45) is 0. The first kappa shape index (κ1) is 18.7. The number of quaternary nitrogens is 1. The predicted octanol–water partition coefficient (Wildman–Crippen LogP) is 3.45. The number of amides is 1. The molecule has 138 valence electrons. The number of hydrogen-bond acceptors (Lipinski definition) is 2. The molecule has 0 unspecified atom stereocenters. The molecule has 3 rings (SSSR count). The maximum atomic E-state index is 13.0. The molecule has 0 saturated heterocycles. The molecule has 3 aromatic carbocycles. The monoisotopic (exact) mass is 361 g/mol. The van der Waals surface area contributed by atoms with E-state index in [2.05, 4.69) is 41.8 Å². The smallest absolute Gasteiger partial charge is 0.287 e. The third kappa shape index (κ3) is 5.19. The number of nitrogens with one attached hydrogen (secondary N) is 1. The number of benzene rings is 3. The van der Waals surface area contributed by atoms with E-state index < -0.39 is 0 Å². The molecule has 0 aliphatic heterocycles. The molecule has 4 heteroatoms. The van der Waals surface area contributed by atoms with Gasteiger partial charge in [-0.15, -0.1) is 0 Å². The van der Waals surface area contributed by atoms with Crippen LogP contribution in [0.3, 0.4) is 0 Å². The van der Waals surface area contributed by atoms with E-state index in [1.54, 1.807) is 7.11 Å². The molecular weight excluding hydrogens is 336 g/mol. The summed E-state index contributed by atoms with van der Waals surface area (Å²) >= 11 is 0. The van der Waals surface area contributed by atoms with Crippen LogP contribution < -0.4 is 15.4 Å². The molecule has 4 nitrogen and oxygen atoms in total. The topological polar surface area (TPSA) is 54.9 Å². The molecule has 0 heterocycles. The van der Waals surface area contributed by atoms with E-state index in [9.17, 15) is 4.79 Å². The summed E-state index contributed by atoms with van der Waals surface area (Å²) in [5.41, 5.74) is 4.12. The fourth-order valence-corrected chi connectivity index (χ4v) is 2.95. The minimum absolute atomic E-state index is 0.0541. The van der Waals surface area contributed by atoms with Crippen molar-refractivity contribution < 1.29 is 14.8 Å². The summed E-state index contributed by atoms with van der Waals surface area (Å²) in [5.74, 6) is 0.661. The lowest BCUT2D eigenvalue weighted by atomic mass is 10.1. The average Bonchev–Trinajstić information content (AvgIpc) is 2.70. The average molecular weight is 361 g/mol. The van der Waals surface area contributed by atoms with Crippen LogP contribution in [0.2, 0.25) is 0 Å². The minimum atomic E-state index is -0.335. The van der Waals surface area contributed by atoms with E-state index in [1.807, 2.05) is 54.6 Å². The second-order valence-electron chi connectivity index (χ2n) is 6.53. The minimum Gasteiger partial charge on any atom is -0.497 e. The van der Waals surface area contributed by atoms with Gasteiger partial charge in [0.15, 0.2) is 6.04 Å². The largest absolute Gasteiger partial charge is 0.497 e. The number of ether oxygens (including phenoxy) is 1.